The topological polar surface area (TPSA) is 91.0 Å². The maximum atomic E-state index is 10.4. The van der Waals surface area contributed by atoms with E-state index in [-0.39, 0.29) is 18.1 Å². The minimum Gasteiger partial charge on any atom is -0.495 e. The van der Waals surface area contributed by atoms with Crippen LogP contribution in [0, 0.1) is 6.92 Å². The first-order valence-corrected chi connectivity index (χ1v) is 11.4. The fourth-order valence-corrected chi connectivity index (χ4v) is 5.35. The molecule has 174 valence electrons. The minimum absolute atomic E-state index is 0.0779. The Labute approximate surface area is 193 Å². The number of rotatable bonds is 5. The van der Waals surface area contributed by atoms with Gasteiger partial charge in [0.1, 0.15) is 5.75 Å². The van der Waals surface area contributed by atoms with Gasteiger partial charge < -0.3 is 19.3 Å². The molecule has 1 N–H and O–H groups in total. The van der Waals surface area contributed by atoms with Gasteiger partial charge >= 0.3 is 0 Å². The van der Waals surface area contributed by atoms with Crippen molar-refractivity contribution in [2.45, 2.75) is 51.2 Å². The third-order valence-electron chi connectivity index (χ3n) is 6.81. The summed E-state index contributed by atoms with van der Waals surface area (Å²) in [5.74, 6) is 2.21. The van der Waals surface area contributed by atoms with Gasteiger partial charge in [-0.25, -0.2) is 4.98 Å². The van der Waals surface area contributed by atoms with E-state index in [1.54, 1.807) is 18.9 Å². The lowest BCUT2D eigenvalue weighted by atomic mass is 9.74. The largest absolute Gasteiger partial charge is 0.495 e. The fourth-order valence-electron chi connectivity index (χ4n) is 5.35. The van der Waals surface area contributed by atoms with Crippen molar-refractivity contribution in [3.8, 4) is 17.2 Å². The number of methoxy groups -OCH3 is 2. The number of aryl methyl sites for hydroxylation is 2. The molecule has 33 heavy (non-hydrogen) atoms. The second-order valence-corrected chi connectivity index (χ2v) is 8.75. The molecule has 8 heteroatoms. The Morgan fingerprint density at radius 3 is 2.67 bits per heavy atom. The molecule has 2 aromatic heterocycles. The standard InChI is InChI=1S/C25H30N4O4/c1-6-33-21-10-15-16-9-14(30)7-8-19(16)27-23(17(15)11-20(21)31-4)18-12-26-25-22(24(18)32-5)13(2)28-29(25)3/h10-12,14,16,19,30H,6-9H2,1-5H3/t14-,16-,19-/m1/s1. The van der Waals surface area contributed by atoms with E-state index in [4.69, 9.17) is 24.2 Å². The van der Waals surface area contributed by atoms with Crippen LogP contribution in [0.2, 0.25) is 0 Å². The van der Waals surface area contributed by atoms with Gasteiger partial charge in [0, 0.05) is 24.7 Å². The molecule has 0 radical (unpaired) electrons. The van der Waals surface area contributed by atoms with Crippen molar-refractivity contribution in [1.82, 2.24) is 14.8 Å². The number of aliphatic imine (C=N–C) groups is 1. The summed E-state index contributed by atoms with van der Waals surface area (Å²) in [6.07, 6.45) is 3.76. The lowest BCUT2D eigenvalue weighted by Crippen LogP contribution is -2.34. The molecule has 0 unspecified atom stereocenters. The number of ether oxygens (including phenoxy) is 3. The highest BCUT2D eigenvalue weighted by atomic mass is 16.5. The van der Waals surface area contributed by atoms with Crippen LogP contribution < -0.4 is 14.2 Å². The highest BCUT2D eigenvalue weighted by molar-refractivity contribution is 6.18. The Morgan fingerprint density at radius 1 is 1.12 bits per heavy atom. The van der Waals surface area contributed by atoms with Gasteiger partial charge in [-0.05, 0) is 50.8 Å². The van der Waals surface area contributed by atoms with E-state index >= 15 is 0 Å². The Bertz CT molecular complexity index is 1250. The van der Waals surface area contributed by atoms with Crippen LogP contribution in [-0.4, -0.2) is 58.6 Å². The van der Waals surface area contributed by atoms with Crippen molar-refractivity contribution in [2.75, 3.05) is 20.8 Å². The summed E-state index contributed by atoms with van der Waals surface area (Å²) < 4.78 is 19.2. The molecular weight excluding hydrogens is 420 g/mol. The number of nitrogens with zero attached hydrogens (tertiary/aromatic N) is 4. The first kappa shape index (κ1) is 21.7. The molecule has 5 rings (SSSR count). The molecule has 3 aromatic rings. The molecule has 3 atom stereocenters. The normalized spacial score (nSPS) is 21.9. The SMILES string of the molecule is CCOc1cc2c(cc1OC)C(c1cnc3c(c(C)nn3C)c1OC)=N[C@@H]1CC[C@@H](O)C[C@H]21. The molecule has 1 aliphatic carbocycles. The summed E-state index contributed by atoms with van der Waals surface area (Å²) in [6, 6.07) is 4.14. The first-order valence-electron chi connectivity index (χ1n) is 11.4. The average molecular weight is 451 g/mol. The highest BCUT2D eigenvalue weighted by Gasteiger charge is 2.38. The van der Waals surface area contributed by atoms with Gasteiger partial charge in [0.2, 0.25) is 0 Å². The summed E-state index contributed by atoms with van der Waals surface area (Å²) in [6.45, 7) is 4.46. The van der Waals surface area contributed by atoms with E-state index in [9.17, 15) is 5.11 Å². The molecule has 1 aromatic carbocycles. The number of aliphatic hydroxyl groups excluding tert-OH is 1. The van der Waals surface area contributed by atoms with E-state index in [1.165, 1.54) is 0 Å². The number of aliphatic hydroxyl groups is 1. The molecule has 2 aliphatic rings. The number of hydrogen-bond acceptors (Lipinski definition) is 7. The maximum Gasteiger partial charge on any atom is 0.161 e. The predicted octanol–water partition coefficient (Wildman–Crippen LogP) is 3.54. The van der Waals surface area contributed by atoms with Gasteiger partial charge in [0.25, 0.3) is 0 Å². The van der Waals surface area contributed by atoms with Gasteiger partial charge in [-0.3, -0.25) is 9.67 Å². The van der Waals surface area contributed by atoms with E-state index < -0.39 is 0 Å². The Morgan fingerprint density at radius 2 is 1.94 bits per heavy atom. The fraction of sp³-hybridized carbons (Fsp3) is 0.480. The monoisotopic (exact) mass is 450 g/mol. The Hall–Kier alpha value is -3.13. The van der Waals surface area contributed by atoms with Crippen LogP contribution >= 0.6 is 0 Å². The number of pyridine rings is 1. The minimum atomic E-state index is -0.320. The van der Waals surface area contributed by atoms with Crippen LogP contribution in [0.4, 0.5) is 0 Å². The van der Waals surface area contributed by atoms with Crippen molar-refractivity contribution in [2.24, 2.45) is 12.0 Å². The molecule has 0 saturated heterocycles. The van der Waals surface area contributed by atoms with Crippen molar-refractivity contribution < 1.29 is 19.3 Å². The van der Waals surface area contributed by atoms with Crippen molar-refractivity contribution in [3.63, 3.8) is 0 Å². The highest BCUT2D eigenvalue weighted by Crippen LogP contribution is 2.46. The summed E-state index contributed by atoms with van der Waals surface area (Å²) in [5, 5.41) is 15.8. The zero-order chi connectivity index (χ0) is 23.3. The van der Waals surface area contributed by atoms with Gasteiger partial charge in [0.15, 0.2) is 17.1 Å². The second kappa shape index (κ2) is 8.33. The predicted molar refractivity (Wildman–Crippen MR) is 126 cm³/mol. The third kappa shape index (κ3) is 3.44. The molecule has 8 nitrogen and oxygen atoms in total. The number of hydrogen-bond donors (Lipinski definition) is 1. The quantitative estimate of drug-likeness (QED) is 0.639. The van der Waals surface area contributed by atoms with Crippen molar-refractivity contribution in [3.05, 3.63) is 40.7 Å². The molecular formula is C25H30N4O4. The number of fused-ring (bicyclic) bond motifs is 4. The first-order chi connectivity index (χ1) is 16.0. The number of benzene rings is 1. The average Bonchev–Trinajstić information content (AvgIpc) is 3.11. The lowest BCUT2D eigenvalue weighted by Gasteiger charge is -2.37. The zero-order valence-electron chi connectivity index (χ0n) is 19.8. The molecule has 1 fully saturated rings. The van der Waals surface area contributed by atoms with Crippen molar-refractivity contribution in [1.29, 1.82) is 0 Å². The van der Waals surface area contributed by atoms with Crippen LogP contribution in [0.1, 0.15) is 54.5 Å². The van der Waals surface area contributed by atoms with E-state index in [0.717, 1.165) is 57.7 Å². The summed E-state index contributed by atoms with van der Waals surface area (Å²) in [4.78, 5) is 9.92. The Balaban J connectivity index is 1.76. The zero-order valence-corrected chi connectivity index (χ0v) is 19.8. The van der Waals surface area contributed by atoms with Crippen LogP contribution in [0.15, 0.2) is 23.3 Å². The summed E-state index contributed by atoms with van der Waals surface area (Å²) >= 11 is 0. The third-order valence-corrected chi connectivity index (χ3v) is 6.81. The molecule has 0 bridgehead atoms. The van der Waals surface area contributed by atoms with Crippen LogP contribution in [0.25, 0.3) is 11.0 Å². The van der Waals surface area contributed by atoms with Crippen LogP contribution in [0.3, 0.4) is 0 Å². The van der Waals surface area contributed by atoms with Crippen LogP contribution in [-0.2, 0) is 7.05 Å². The Kier molecular flexibility index (Phi) is 5.48. The van der Waals surface area contributed by atoms with Gasteiger partial charge in [-0.15, -0.1) is 0 Å². The molecule has 3 heterocycles. The molecule has 1 aliphatic heterocycles. The van der Waals surface area contributed by atoms with Crippen molar-refractivity contribution >= 4 is 16.7 Å². The van der Waals surface area contributed by atoms with E-state index in [2.05, 4.69) is 11.2 Å². The van der Waals surface area contributed by atoms with Gasteiger partial charge in [0.05, 0.1) is 55.3 Å². The van der Waals surface area contributed by atoms with Gasteiger partial charge in [-0.1, -0.05) is 0 Å². The maximum absolute atomic E-state index is 10.4. The lowest BCUT2D eigenvalue weighted by molar-refractivity contribution is 0.111. The van der Waals surface area contributed by atoms with Crippen LogP contribution in [0.5, 0.6) is 17.2 Å². The smallest absolute Gasteiger partial charge is 0.161 e. The molecule has 0 amide bonds. The van der Waals surface area contributed by atoms with Gasteiger partial charge in [-0.2, -0.15) is 5.10 Å². The second-order valence-electron chi connectivity index (χ2n) is 8.75. The molecule has 0 spiro atoms. The summed E-state index contributed by atoms with van der Waals surface area (Å²) in [7, 11) is 5.20. The molecule has 1 saturated carbocycles. The van der Waals surface area contributed by atoms with E-state index in [1.807, 2.05) is 33.2 Å². The number of aromatic nitrogens is 3. The summed E-state index contributed by atoms with van der Waals surface area (Å²) in [5.41, 5.74) is 5.38. The van der Waals surface area contributed by atoms with E-state index in [0.29, 0.717) is 24.5 Å².